The molecule has 128 valence electrons. The van der Waals surface area contributed by atoms with Crippen molar-refractivity contribution in [3.63, 3.8) is 0 Å². The summed E-state index contributed by atoms with van der Waals surface area (Å²) in [7, 11) is 0. The van der Waals surface area contributed by atoms with Gasteiger partial charge in [0.05, 0.1) is 5.52 Å². The molecular formula is C20H17N5S. The smallest absolute Gasteiger partial charge is 0.158 e. The second kappa shape index (κ2) is 7.01. The minimum absolute atomic E-state index is 0.522. The van der Waals surface area contributed by atoms with Crippen molar-refractivity contribution in [3.8, 4) is 0 Å². The molecular weight excluding hydrogens is 342 g/mol. The van der Waals surface area contributed by atoms with Crippen molar-refractivity contribution < 1.29 is 0 Å². The van der Waals surface area contributed by atoms with Gasteiger partial charge in [0.25, 0.3) is 0 Å². The molecule has 0 radical (unpaired) electrons. The Morgan fingerprint density at radius 3 is 2.65 bits per heavy atom. The minimum Gasteiger partial charge on any atom is -0.394 e. The molecule has 0 aliphatic heterocycles. The number of nitrogens with two attached hydrogens (primary N) is 1. The summed E-state index contributed by atoms with van der Waals surface area (Å²) in [6.45, 7) is 2.04. The molecule has 3 N–H and O–H groups in total. The lowest BCUT2D eigenvalue weighted by Gasteiger charge is -2.13. The van der Waals surface area contributed by atoms with Gasteiger partial charge in [-0.3, -0.25) is 4.98 Å². The molecule has 6 heteroatoms. The first-order valence-corrected chi connectivity index (χ1v) is 8.99. The Balaban J connectivity index is 1.69. The third-order valence-electron chi connectivity index (χ3n) is 4.05. The quantitative estimate of drug-likeness (QED) is 0.509. The number of hydrogen-bond acceptors (Lipinski definition) is 6. The molecule has 5 nitrogen and oxygen atoms in total. The molecule has 0 fully saturated rings. The van der Waals surface area contributed by atoms with Crippen LogP contribution in [0.2, 0.25) is 0 Å². The van der Waals surface area contributed by atoms with Crippen LogP contribution < -0.4 is 11.1 Å². The van der Waals surface area contributed by atoms with E-state index in [1.165, 1.54) is 18.1 Å². The van der Waals surface area contributed by atoms with Gasteiger partial charge in [0.2, 0.25) is 0 Å². The molecule has 2 heterocycles. The van der Waals surface area contributed by atoms with Crippen LogP contribution in [0.5, 0.6) is 0 Å². The van der Waals surface area contributed by atoms with E-state index in [0.717, 1.165) is 27.0 Å². The molecule has 2 aromatic carbocycles. The third kappa shape index (κ3) is 3.19. The maximum absolute atomic E-state index is 6.34. The first-order chi connectivity index (χ1) is 12.7. The SMILES string of the molecule is Cc1ccccc1Nc1ncnc(Sc2cccc3cccnc23)c1N. The fourth-order valence-corrected chi connectivity index (χ4v) is 3.59. The zero-order valence-electron chi connectivity index (χ0n) is 14.2. The highest BCUT2D eigenvalue weighted by molar-refractivity contribution is 7.99. The largest absolute Gasteiger partial charge is 0.394 e. The minimum atomic E-state index is 0.522. The van der Waals surface area contributed by atoms with E-state index in [0.29, 0.717) is 16.5 Å². The van der Waals surface area contributed by atoms with E-state index in [-0.39, 0.29) is 0 Å². The Morgan fingerprint density at radius 2 is 1.77 bits per heavy atom. The number of nitrogens with zero attached hydrogens (tertiary/aromatic N) is 3. The van der Waals surface area contributed by atoms with Gasteiger partial charge >= 0.3 is 0 Å². The van der Waals surface area contributed by atoms with Crippen molar-refractivity contribution in [2.45, 2.75) is 16.8 Å². The highest BCUT2D eigenvalue weighted by Gasteiger charge is 2.12. The third-order valence-corrected chi connectivity index (χ3v) is 5.12. The van der Waals surface area contributed by atoms with E-state index < -0.39 is 0 Å². The maximum atomic E-state index is 6.34. The van der Waals surface area contributed by atoms with E-state index in [4.69, 9.17) is 5.73 Å². The Kier molecular flexibility index (Phi) is 4.41. The summed E-state index contributed by atoms with van der Waals surface area (Å²) in [5.74, 6) is 0.602. The number of hydrogen-bond donors (Lipinski definition) is 2. The summed E-state index contributed by atoms with van der Waals surface area (Å²) in [5, 5.41) is 5.09. The van der Waals surface area contributed by atoms with Crippen molar-refractivity contribution in [2.24, 2.45) is 0 Å². The number of nitrogens with one attached hydrogen (secondary N) is 1. The lowest BCUT2D eigenvalue weighted by molar-refractivity contribution is 1.06. The molecule has 0 bridgehead atoms. The number of anilines is 3. The standard InChI is InChI=1S/C20H17N5S/c1-13-6-2-3-9-15(13)25-19-17(21)20(24-12-23-19)26-16-10-4-7-14-8-5-11-22-18(14)16/h2-12H,21H2,1H3,(H,23,24,25). The number of aromatic nitrogens is 3. The van der Waals surface area contributed by atoms with Gasteiger partial charge < -0.3 is 11.1 Å². The molecule has 2 aromatic heterocycles. The topological polar surface area (TPSA) is 76.7 Å². The summed E-state index contributed by atoms with van der Waals surface area (Å²) in [5.41, 5.74) is 9.90. The van der Waals surface area contributed by atoms with Crippen molar-refractivity contribution >= 4 is 39.9 Å². The fraction of sp³-hybridized carbons (Fsp3) is 0.0500. The number of pyridine rings is 1. The Labute approximate surface area is 155 Å². The number of para-hydroxylation sites is 2. The molecule has 0 spiro atoms. The van der Waals surface area contributed by atoms with E-state index in [2.05, 4.69) is 20.3 Å². The van der Waals surface area contributed by atoms with E-state index in [1.54, 1.807) is 6.20 Å². The maximum Gasteiger partial charge on any atom is 0.158 e. The van der Waals surface area contributed by atoms with Crippen molar-refractivity contribution in [1.29, 1.82) is 0 Å². The van der Waals surface area contributed by atoms with Crippen LogP contribution in [0.1, 0.15) is 5.56 Å². The highest BCUT2D eigenvalue weighted by Crippen LogP contribution is 2.36. The number of benzene rings is 2. The first kappa shape index (κ1) is 16.4. The summed E-state index contributed by atoms with van der Waals surface area (Å²) in [6.07, 6.45) is 3.32. The molecule has 4 aromatic rings. The van der Waals surface area contributed by atoms with Gasteiger partial charge in [0.15, 0.2) is 5.82 Å². The highest BCUT2D eigenvalue weighted by atomic mass is 32.2. The van der Waals surface area contributed by atoms with Crippen LogP contribution in [-0.2, 0) is 0 Å². The molecule has 0 aliphatic rings. The predicted molar refractivity (Wildman–Crippen MR) is 107 cm³/mol. The van der Waals surface area contributed by atoms with Crippen LogP contribution in [-0.4, -0.2) is 15.0 Å². The Hall–Kier alpha value is -3.12. The average Bonchev–Trinajstić information content (AvgIpc) is 2.67. The van der Waals surface area contributed by atoms with Crippen LogP contribution in [0.3, 0.4) is 0 Å². The molecule has 0 saturated carbocycles. The summed E-state index contributed by atoms with van der Waals surface area (Å²) in [4.78, 5) is 14.2. The second-order valence-corrected chi connectivity index (χ2v) is 6.85. The monoisotopic (exact) mass is 359 g/mol. The molecule has 0 aliphatic carbocycles. The van der Waals surface area contributed by atoms with E-state index in [1.807, 2.05) is 61.5 Å². The Bertz CT molecular complexity index is 1080. The first-order valence-electron chi connectivity index (χ1n) is 8.17. The zero-order valence-corrected chi connectivity index (χ0v) is 15.0. The van der Waals surface area contributed by atoms with Gasteiger partial charge in [-0.25, -0.2) is 9.97 Å². The number of rotatable bonds is 4. The zero-order chi connectivity index (χ0) is 17.9. The number of aryl methyl sites for hydroxylation is 1. The lowest BCUT2D eigenvalue weighted by atomic mass is 10.2. The van der Waals surface area contributed by atoms with Crippen molar-refractivity contribution in [2.75, 3.05) is 11.1 Å². The van der Waals surface area contributed by atoms with Gasteiger partial charge in [0, 0.05) is 22.2 Å². The van der Waals surface area contributed by atoms with E-state index >= 15 is 0 Å². The molecule has 26 heavy (non-hydrogen) atoms. The van der Waals surface area contributed by atoms with Crippen LogP contribution in [0.15, 0.2) is 77.0 Å². The molecule has 0 saturated heterocycles. The van der Waals surface area contributed by atoms with Crippen LogP contribution in [0, 0.1) is 6.92 Å². The average molecular weight is 359 g/mol. The molecule has 0 unspecified atom stereocenters. The van der Waals surface area contributed by atoms with Gasteiger partial charge in [-0.05, 0) is 30.7 Å². The van der Waals surface area contributed by atoms with E-state index in [9.17, 15) is 0 Å². The molecule has 4 rings (SSSR count). The second-order valence-electron chi connectivity index (χ2n) is 5.81. The normalized spacial score (nSPS) is 10.8. The van der Waals surface area contributed by atoms with Crippen molar-refractivity contribution in [3.05, 3.63) is 72.7 Å². The molecule has 0 amide bonds. The van der Waals surface area contributed by atoms with Crippen molar-refractivity contribution in [1.82, 2.24) is 15.0 Å². The van der Waals surface area contributed by atoms with Gasteiger partial charge in [-0.2, -0.15) is 0 Å². The van der Waals surface area contributed by atoms with Crippen LogP contribution >= 0.6 is 11.8 Å². The Morgan fingerprint density at radius 1 is 0.923 bits per heavy atom. The summed E-state index contributed by atoms with van der Waals surface area (Å²) < 4.78 is 0. The van der Waals surface area contributed by atoms with Crippen LogP contribution in [0.4, 0.5) is 17.2 Å². The number of fused-ring (bicyclic) bond motifs is 1. The summed E-state index contributed by atoms with van der Waals surface area (Å²) >= 11 is 1.49. The number of nitrogen functional groups attached to an aromatic ring is 1. The van der Waals surface area contributed by atoms with Gasteiger partial charge in [-0.1, -0.05) is 48.2 Å². The van der Waals surface area contributed by atoms with Crippen LogP contribution in [0.25, 0.3) is 10.9 Å². The lowest BCUT2D eigenvalue weighted by Crippen LogP contribution is -2.03. The predicted octanol–water partition coefficient (Wildman–Crippen LogP) is 4.81. The fourth-order valence-electron chi connectivity index (χ4n) is 2.66. The van der Waals surface area contributed by atoms with Gasteiger partial charge in [-0.15, -0.1) is 0 Å². The molecule has 0 atom stereocenters. The van der Waals surface area contributed by atoms with Gasteiger partial charge in [0.1, 0.15) is 17.0 Å². The summed E-state index contributed by atoms with van der Waals surface area (Å²) in [6, 6.07) is 18.1.